The zero-order valence-corrected chi connectivity index (χ0v) is 21.1. The molecule has 35 heavy (non-hydrogen) atoms. The van der Waals surface area contributed by atoms with Crippen LogP contribution in [-0.2, 0) is 23.0 Å². The standard InChI is InChI=1S/C25H31N5O4S/c1-18-23(19(2)34-27-18)35(32,33)29-14-9-13-28(16-17-29)25(31)22-21-12-7-4-8-15-30(21)24(26-22)20-10-5-3-6-11-20/h3,5-6,10-11H,4,7-9,12-17H2,1-2H3. The van der Waals surface area contributed by atoms with Crippen molar-refractivity contribution in [1.82, 2.24) is 23.9 Å². The minimum atomic E-state index is -3.75. The maximum atomic E-state index is 13.7. The lowest BCUT2D eigenvalue weighted by Gasteiger charge is -2.21. The first-order valence-corrected chi connectivity index (χ1v) is 13.7. The third-order valence-electron chi connectivity index (χ3n) is 6.91. The highest BCUT2D eigenvalue weighted by Gasteiger charge is 2.34. The van der Waals surface area contributed by atoms with Crippen LogP contribution in [0.25, 0.3) is 11.4 Å². The fourth-order valence-corrected chi connectivity index (χ4v) is 6.92. The Labute approximate surface area is 205 Å². The summed E-state index contributed by atoms with van der Waals surface area (Å²) in [6, 6.07) is 9.99. The number of aromatic nitrogens is 3. The van der Waals surface area contributed by atoms with E-state index in [1.807, 2.05) is 30.3 Å². The van der Waals surface area contributed by atoms with E-state index in [1.165, 1.54) is 4.31 Å². The van der Waals surface area contributed by atoms with Crippen molar-refractivity contribution in [3.8, 4) is 11.4 Å². The molecule has 9 nitrogen and oxygen atoms in total. The van der Waals surface area contributed by atoms with E-state index in [0.29, 0.717) is 37.4 Å². The highest BCUT2D eigenvalue weighted by atomic mass is 32.2. The van der Waals surface area contributed by atoms with Crippen molar-refractivity contribution >= 4 is 15.9 Å². The van der Waals surface area contributed by atoms with E-state index in [2.05, 4.69) is 9.72 Å². The lowest BCUT2D eigenvalue weighted by atomic mass is 10.1. The van der Waals surface area contributed by atoms with Crippen molar-refractivity contribution in [2.75, 3.05) is 26.2 Å². The largest absolute Gasteiger partial charge is 0.360 e. The zero-order chi connectivity index (χ0) is 24.6. The van der Waals surface area contributed by atoms with Crippen molar-refractivity contribution < 1.29 is 17.7 Å². The van der Waals surface area contributed by atoms with Gasteiger partial charge in [-0.3, -0.25) is 4.79 Å². The van der Waals surface area contributed by atoms with E-state index < -0.39 is 10.0 Å². The summed E-state index contributed by atoms with van der Waals surface area (Å²) in [5.74, 6) is 1.01. The number of carbonyl (C=O) groups excluding carboxylic acids is 1. The van der Waals surface area contributed by atoms with Crippen molar-refractivity contribution in [3.05, 3.63) is 53.2 Å². The van der Waals surface area contributed by atoms with Crippen LogP contribution >= 0.6 is 0 Å². The Kier molecular flexibility index (Phi) is 6.50. The molecule has 0 unspecified atom stereocenters. The second kappa shape index (κ2) is 9.58. The number of amides is 1. The van der Waals surface area contributed by atoms with Crippen LogP contribution in [0.4, 0.5) is 0 Å². The number of hydrogen-bond donors (Lipinski definition) is 0. The van der Waals surface area contributed by atoms with Gasteiger partial charge in [-0.2, -0.15) is 4.31 Å². The van der Waals surface area contributed by atoms with Crippen LogP contribution in [0.2, 0.25) is 0 Å². The number of nitrogens with zero attached hydrogens (tertiary/aromatic N) is 5. The maximum Gasteiger partial charge on any atom is 0.274 e. The number of carbonyl (C=O) groups is 1. The minimum Gasteiger partial charge on any atom is -0.360 e. The van der Waals surface area contributed by atoms with Crippen LogP contribution < -0.4 is 0 Å². The summed E-state index contributed by atoms with van der Waals surface area (Å²) >= 11 is 0. The zero-order valence-electron chi connectivity index (χ0n) is 20.2. The van der Waals surface area contributed by atoms with E-state index in [0.717, 1.165) is 49.3 Å². The molecule has 0 spiro atoms. The highest BCUT2D eigenvalue weighted by molar-refractivity contribution is 7.89. The monoisotopic (exact) mass is 497 g/mol. The molecule has 0 atom stereocenters. The van der Waals surface area contributed by atoms with Gasteiger partial charge in [0.15, 0.2) is 5.76 Å². The van der Waals surface area contributed by atoms with Crippen molar-refractivity contribution in [3.63, 3.8) is 0 Å². The number of benzene rings is 1. The molecule has 0 radical (unpaired) electrons. The van der Waals surface area contributed by atoms with Gasteiger partial charge < -0.3 is 14.0 Å². The lowest BCUT2D eigenvalue weighted by molar-refractivity contribution is 0.0757. The van der Waals surface area contributed by atoms with Crippen LogP contribution in [0.3, 0.4) is 0 Å². The summed E-state index contributed by atoms with van der Waals surface area (Å²) in [5.41, 5.74) is 2.86. The number of hydrogen-bond acceptors (Lipinski definition) is 6. The van der Waals surface area contributed by atoms with E-state index in [4.69, 9.17) is 9.51 Å². The molecule has 10 heteroatoms. The molecule has 1 fully saturated rings. The predicted molar refractivity (Wildman–Crippen MR) is 130 cm³/mol. The van der Waals surface area contributed by atoms with Gasteiger partial charge in [0.25, 0.3) is 5.91 Å². The van der Waals surface area contributed by atoms with Gasteiger partial charge in [0, 0.05) is 38.3 Å². The van der Waals surface area contributed by atoms with Gasteiger partial charge in [0.2, 0.25) is 10.0 Å². The number of sulfonamides is 1. The van der Waals surface area contributed by atoms with Gasteiger partial charge in [-0.1, -0.05) is 41.9 Å². The molecule has 0 saturated carbocycles. The van der Waals surface area contributed by atoms with E-state index in [9.17, 15) is 13.2 Å². The van der Waals surface area contributed by atoms with Crippen LogP contribution in [-0.4, -0.2) is 64.4 Å². The molecule has 2 aliphatic rings. The van der Waals surface area contributed by atoms with Gasteiger partial charge in [0.05, 0.1) is 5.69 Å². The van der Waals surface area contributed by atoms with E-state index in [1.54, 1.807) is 18.7 Å². The van der Waals surface area contributed by atoms with Crippen LogP contribution in [0.1, 0.15) is 53.3 Å². The number of imidazole rings is 1. The summed E-state index contributed by atoms with van der Waals surface area (Å²) < 4.78 is 35.3. The summed E-state index contributed by atoms with van der Waals surface area (Å²) in [6.45, 7) is 5.45. The van der Waals surface area contributed by atoms with E-state index in [-0.39, 0.29) is 23.1 Å². The fraction of sp³-hybridized carbons (Fsp3) is 0.480. The van der Waals surface area contributed by atoms with E-state index >= 15 is 0 Å². The Balaban J connectivity index is 1.41. The molecule has 0 aliphatic carbocycles. The smallest absolute Gasteiger partial charge is 0.274 e. The van der Waals surface area contributed by atoms with Gasteiger partial charge in [-0.25, -0.2) is 13.4 Å². The third kappa shape index (κ3) is 4.40. The predicted octanol–water partition coefficient (Wildman–Crippen LogP) is 3.42. The Morgan fingerprint density at radius 1 is 0.943 bits per heavy atom. The normalized spacial score (nSPS) is 17.6. The Bertz CT molecular complexity index is 1310. The molecule has 0 N–H and O–H groups in total. The van der Waals surface area contributed by atoms with Crippen molar-refractivity contribution in [2.45, 2.75) is 57.4 Å². The Hall–Kier alpha value is -2.98. The van der Waals surface area contributed by atoms with Crippen molar-refractivity contribution in [1.29, 1.82) is 0 Å². The second-order valence-electron chi connectivity index (χ2n) is 9.26. The minimum absolute atomic E-state index is 0.116. The summed E-state index contributed by atoms with van der Waals surface area (Å²) in [6.07, 6.45) is 4.59. The number of aryl methyl sites for hydroxylation is 2. The van der Waals surface area contributed by atoms with Gasteiger partial charge in [-0.05, 0) is 39.5 Å². The molecule has 2 aromatic heterocycles. The third-order valence-corrected chi connectivity index (χ3v) is 9.05. The van der Waals surface area contributed by atoms with Gasteiger partial charge in [0.1, 0.15) is 22.1 Å². The molecule has 2 aliphatic heterocycles. The van der Waals surface area contributed by atoms with Crippen LogP contribution in [0, 0.1) is 13.8 Å². The molecule has 1 amide bonds. The highest BCUT2D eigenvalue weighted by Crippen LogP contribution is 2.29. The molecule has 1 aromatic carbocycles. The maximum absolute atomic E-state index is 13.7. The molecular weight excluding hydrogens is 466 g/mol. The number of fused-ring (bicyclic) bond motifs is 1. The molecular formula is C25H31N5O4S. The fourth-order valence-electron chi connectivity index (χ4n) is 5.16. The summed E-state index contributed by atoms with van der Waals surface area (Å²) in [7, 11) is -3.75. The van der Waals surface area contributed by atoms with Gasteiger partial charge >= 0.3 is 0 Å². The topological polar surface area (TPSA) is 102 Å². The SMILES string of the molecule is Cc1noc(C)c1S(=O)(=O)N1CCCN(C(=O)c2nc(-c3ccccc3)n3c2CCCCC3)CC1. The quantitative estimate of drug-likeness (QED) is 0.547. The van der Waals surface area contributed by atoms with Crippen LogP contribution in [0.15, 0.2) is 39.8 Å². The van der Waals surface area contributed by atoms with Crippen LogP contribution in [0.5, 0.6) is 0 Å². The molecule has 0 bridgehead atoms. The average molecular weight is 498 g/mol. The first kappa shape index (κ1) is 23.7. The summed E-state index contributed by atoms with van der Waals surface area (Å²) in [5, 5.41) is 3.80. The van der Waals surface area contributed by atoms with Crippen molar-refractivity contribution in [2.24, 2.45) is 0 Å². The molecule has 4 heterocycles. The first-order chi connectivity index (χ1) is 16.9. The second-order valence-corrected chi connectivity index (χ2v) is 11.1. The molecule has 186 valence electrons. The summed E-state index contributed by atoms with van der Waals surface area (Å²) in [4.78, 5) is 20.5. The Morgan fingerprint density at radius 3 is 2.49 bits per heavy atom. The molecule has 3 aromatic rings. The van der Waals surface area contributed by atoms with Gasteiger partial charge in [-0.15, -0.1) is 0 Å². The molecule has 1 saturated heterocycles. The number of rotatable bonds is 4. The molecule has 5 rings (SSSR count). The first-order valence-electron chi connectivity index (χ1n) is 12.2. The average Bonchev–Trinajstić information content (AvgIpc) is 3.15. The Morgan fingerprint density at radius 2 is 1.74 bits per heavy atom. The lowest BCUT2D eigenvalue weighted by Crippen LogP contribution is -2.38.